The second-order valence-corrected chi connectivity index (χ2v) is 5.30. The fraction of sp³-hybridized carbons (Fsp3) is 0.733. The van der Waals surface area contributed by atoms with Crippen LogP contribution >= 0.6 is 0 Å². The molecule has 106 valence electrons. The van der Waals surface area contributed by atoms with E-state index in [-0.39, 0.29) is 23.8 Å². The van der Waals surface area contributed by atoms with Crippen LogP contribution in [0.3, 0.4) is 0 Å². The molecule has 2 bridgehead atoms. The average Bonchev–Trinajstić information content (AvgIpc) is 3.02. The third-order valence-electron chi connectivity index (χ3n) is 3.85. The minimum absolute atomic E-state index is 0.245. The Morgan fingerprint density at radius 1 is 1.16 bits per heavy atom. The van der Waals surface area contributed by atoms with Crippen LogP contribution in [0.4, 0.5) is 0 Å². The monoisotopic (exact) mass is 266 g/mol. The van der Waals surface area contributed by atoms with E-state index in [1.54, 1.807) is 0 Å². The second-order valence-electron chi connectivity index (χ2n) is 5.30. The minimum atomic E-state index is -0.375. The number of hydrogen-bond donors (Lipinski definition) is 0. The van der Waals surface area contributed by atoms with Gasteiger partial charge < -0.3 is 9.47 Å². The van der Waals surface area contributed by atoms with Crippen LogP contribution in [0.2, 0.25) is 0 Å². The number of fused-ring (bicyclic) bond motifs is 2. The molecule has 1 fully saturated rings. The Bertz CT molecular complexity index is 397. The van der Waals surface area contributed by atoms with Gasteiger partial charge in [-0.25, -0.2) is 4.79 Å². The second kappa shape index (κ2) is 6.22. The Morgan fingerprint density at radius 2 is 1.84 bits per heavy atom. The van der Waals surface area contributed by atoms with E-state index in [9.17, 15) is 9.59 Å². The number of hydrogen-bond acceptors (Lipinski definition) is 4. The summed E-state index contributed by atoms with van der Waals surface area (Å²) < 4.78 is 10.4. The van der Waals surface area contributed by atoms with E-state index in [1.165, 1.54) is 0 Å². The van der Waals surface area contributed by atoms with E-state index < -0.39 is 0 Å². The summed E-state index contributed by atoms with van der Waals surface area (Å²) in [5, 5.41) is 0. The first-order valence-corrected chi connectivity index (χ1v) is 7.24. The lowest BCUT2D eigenvalue weighted by molar-refractivity contribution is -0.152. The average molecular weight is 266 g/mol. The summed E-state index contributed by atoms with van der Waals surface area (Å²) in [4.78, 5) is 24.2. The molecule has 0 aromatic carbocycles. The maximum atomic E-state index is 12.1. The van der Waals surface area contributed by atoms with Crippen molar-refractivity contribution in [3.05, 3.63) is 11.1 Å². The molecule has 2 atom stereocenters. The lowest BCUT2D eigenvalue weighted by Crippen LogP contribution is -2.29. The van der Waals surface area contributed by atoms with Crippen LogP contribution in [0.25, 0.3) is 0 Å². The number of allylic oxidation sites excluding steroid dienone is 1. The number of ether oxygens (including phenoxy) is 2. The lowest BCUT2D eigenvalue weighted by Gasteiger charge is -2.21. The van der Waals surface area contributed by atoms with Crippen molar-refractivity contribution < 1.29 is 19.1 Å². The van der Waals surface area contributed by atoms with Gasteiger partial charge in [-0.2, -0.15) is 0 Å². The number of esters is 2. The van der Waals surface area contributed by atoms with Crippen molar-refractivity contribution in [2.24, 2.45) is 11.8 Å². The third-order valence-corrected chi connectivity index (χ3v) is 3.85. The molecule has 0 N–H and O–H groups in total. The van der Waals surface area contributed by atoms with Crippen molar-refractivity contribution in [2.75, 3.05) is 13.2 Å². The van der Waals surface area contributed by atoms with Gasteiger partial charge >= 0.3 is 11.9 Å². The molecular weight excluding hydrogens is 244 g/mol. The van der Waals surface area contributed by atoms with Crippen molar-refractivity contribution in [1.29, 1.82) is 0 Å². The van der Waals surface area contributed by atoms with Gasteiger partial charge in [-0.15, -0.1) is 0 Å². The quantitative estimate of drug-likeness (QED) is 0.693. The molecule has 4 nitrogen and oxygen atoms in total. The minimum Gasteiger partial charge on any atom is -0.465 e. The topological polar surface area (TPSA) is 52.6 Å². The van der Waals surface area contributed by atoms with Gasteiger partial charge in [-0.1, -0.05) is 19.4 Å². The highest BCUT2D eigenvalue weighted by atomic mass is 16.5. The summed E-state index contributed by atoms with van der Waals surface area (Å²) in [7, 11) is 0. The Morgan fingerprint density at radius 3 is 2.53 bits per heavy atom. The third kappa shape index (κ3) is 2.82. The van der Waals surface area contributed by atoms with Crippen LogP contribution in [0.15, 0.2) is 11.1 Å². The predicted octanol–water partition coefficient (Wildman–Crippen LogP) is 2.62. The van der Waals surface area contributed by atoms with Crippen molar-refractivity contribution in [3.8, 4) is 0 Å². The molecule has 0 aromatic heterocycles. The standard InChI is InChI=1S/C15H22O4/c1-3-7-18-14(16)12-10-5-6-11(9-10)13(12)15(17)19-8-4-2/h10,12H,3-9H2,1-2H3. The first-order valence-electron chi connectivity index (χ1n) is 7.24. The van der Waals surface area contributed by atoms with Gasteiger partial charge in [0.05, 0.1) is 24.7 Å². The zero-order chi connectivity index (χ0) is 13.8. The van der Waals surface area contributed by atoms with Crippen LogP contribution < -0.4 is 0 Å². The van der Waals surface area contributed by atoms with Gasteiger partial charge in [0.2, 0.25) is 0 Å². The highest BCUT2D eigenvalue weighted by Crippen LogP contribution is 2.49. The van der Waals surface area contributed by atoms with E-state index in [0.29, 0.717) is 18.8 Å². The summed E-state index contributed by atoms with van der Waals surface area (Å²) in [5.41, 5.74) is 1.72. The number of rotatable bonds is 6. The molecule has 2 aliphatic rings. The highest BCUT2D eigenvalue weighted by molar-refractivity contribution is 5.97. The van der Waals surface area contributed by atoms with Crippen LogP contribution in [-0.4, -0.2) is 25.2 Å². The van der Waals surface area contributed by atoms with Crippen molar-refractivity contribution in [2.45, 2.75) is 46.0 Å². The maximum absolute atomic E-state index is 12.1. The number of carbonyl (C=O) groups excluding carboxylic acids is 2. The zero-order valence-electron chi connectivity index (χ0n) is 11.7. The molecular formula is C15H22O4. The molecule has 0 spiro atoms. The van der Waals surface area contributed by atoms with Gasteiger partial charge in [0.1, 0.15) is 0 Å². The largest absolute Gasteiger partial charge is 0.465 e. The molecule has 4 heteroatoms. The SMILES string of the molecule is CCCOC(=O)C1=C2CCC(C2)C1C(=O)OCCC. The molecule has 1 saturated carbocycles. The van der Waals surface area contributed by atoms with Gasteiger partial charge in [-0.05, 0) is 38.0 Å². The maximum Gasteiger partial charge on any atom is 0.334 e. The Labute approximate surface area is 114 Å². The summed E-state index contributed by atoms with van der Waals surface area (Å²) in [6.45, 7) is 4.76. The van der Waals surface area contributed by atoms with Gasteiger partial charge in [0.15, 0.2) is 0 Å². The van der Waals surface area contributed by atoms with Crippen LogP contribution in [0.1, 0.15) is 46.0 Å². The molecule has 2 rings (SSSR count). The van der Waals surface area contributed by atoms with Crippen molar-refractivity contribution in [1.82, 2.24) is 0 Å². The van der Waals surface area contributed by atoms with Gasteiger partial charge in [-0.3, -0.25) is 4.79 Å². The molecule has 2 aliphatic carbocycles. The van der Waals surface area contributed by atoms with Crippen LogP contribution in [0, 0.1) is 11.8 Å². The first kappa shape index (κ1) is 14.1. The lowest BCUT2D eigenvalue weighted by atomic mass is 9.86. The fourth-order valence-electron chi connectivity index (χ4n) is 3.01. The fourth-order valence-corrected chi connectivity index (χ4v) is 3.01. The molecule has 0 saturated heterocycles. The highest BCUT2D eigenvalue weighted by Gasteiger charge is 2.47. The molecule has 0 aromatic rings. The van der Waals surface area contributed by atoms with E-state index in [4.69, 9.17) is 9.47 Å². The Balaban J connectivity index is 2.09. The predicted molar refractivity (Wildman–Crippen MR) is 70.4 cm³/mol. The summed E-state index contributed by atoms with van der Waals surface area (Å²) >= 11 is 0. The molecule has 2 unspecified atom stereocenters. The van der Waals surface area contributed by atoms with E-state index in [2.05, 4.69) is 0 Å². The summed E-state index contributed by atoms with van der Waals surface area (Å²) in [6.07, 6.45) is 4.38. The van der Waals surface area contributed by atoms with Crippen molar-refractivity contribution in [3.63, 3.8) is 0 Å². The number of carbonyl (C=O) groups is 2. The van der Waals surface area contributed by atoms with Crippen LogP contribution in [0.5, 0.6) is 0 Å². The van der Waals surface area contributed by atoms with Crippen molar-refractivity contribution >= 4 is 11.9 Å². The van der Waals surface area contributed by atoms with Gasteiger partial charge in [0.25, 0.3) is 0 Å². The van der Waals surface area contributed by atoms with E-state index in [1.807, 2.05) is 13.8 Å². The summed E-state index contributed by atoms with van der Waals surface area (Å²) in [6, 6.07) is 0. The Hall–Kier alpha value is -1.32. The molecule has 0 aliphatic heterocycles. The van der Waals surface area contributed by atoms with E-state index >= 15 is 0 Å². The molecule has 0 amide bonds. The summed E-state index contributed by atoms with van der Waals surface area (Å²) in [5.74, 6) is -0.675. The van der Waals surface area contributed by atoms with E-state index in [0.717, 1.165) is 37.7 Å². The normalized spacial score (nSPS) is 24.7. The zero-order valence-corrected chi connectivity index (χ0v) is 11.7. The van der Waals surface area contributed by atoms with Gasteiger partial charge in [0, 0.05) is 0 Å². The molecule has 19 heavy (non-hydrogen) atoms. The first-order chi connectivity index (χ1) is 9.19. The molecule has 0 heterocycles. The molecule has 0 radical (unpaired) electrons. The van der Waals surface area contributed by atoms with Crippen LogP contribution in [-0.2, 0) is 19.1 Å². The Kier molecular flexibility index (Phi) is 4.61. The smallest absolute Gasteiger partial charge is 0.334 e.